The van der Waals surface area contributed by atoms with Gasteiger partial charge >= 0.3 is 0 Å². The van der Waals surface area contributed by atoms with E-state index in [0.717, 1.165) is 13.0 Å². The lowest BCUT2D eigenvalue weighted by molar-refractivity contribution is -0.136. The Kier molecular flexibility index (Phi) is 5.02. The van der Waals surface area contributed by atoms with Gasteiger partial charge in [0.15, 0.2) is 0 Å². The number of nitrogens with zero attached hydrogens (tertiary/aromatic N) is 1. The number of amides is 1. The van der Waals surface area contributed by atoms with E-state index in [0.29, 0.717) is 18.5 Å². The van der Waals surface area contributed by atoms with Crippen molar-refractivity contribution < 1.29 is 4.79 Å². The lowest BCUT2D eigenvalue weighted by Crippen LogP contribution is -2.43. The molecule has 0 radical (unpaired) electrons. The molecular weight excluding hydrogens is 260 g/mol. The highest BCUT2D eigenvalue weighted by molar-refractivity contribution is 5.84. The Morgan fingerprint density at radius 1 is 1.05 bits per heavy atom. The van der Waals surface area contributed by atoms with E-state index >= 15 is 0 Å². The summed E-state index contributed by atoms with van der Waals surface area (Å²) in [5, 5.41) is 0. The van der Waals surface area contributed by atoms with Crippen LogP contribution in [0, 0.1) is 16.7 Å². The molecule has 0 spiro atoms. The second-order valence-electron chi connectivity index (χ2n) is 8.20. The lowest BCUT2D eigenvalue weighted by Gasteiger charge is -2.32. The van der Waals surface area contributed by atoms with Crippen molar-refractivity contribution in [3.8, 4) is 0 Å². The fourth-order valence-electron chi connectivity index (χ4n) is 4.28. The SMILES string of the molecule is CC1(C)C(C(=O)N(CCCN)C2CCCCCC2)C1(C)C. The molecule has 21 heavy (non-hydrogen) atoms. The third kappa shape index (κ3) is 3.13. The predicted octanol–water partition coefficient (Wildman–Crippen LogP) is 3.57. The van der Waals surface area contributed by atoms with Crippen LogP contribution in [0.1, 0.15) is 72.6 Å². The van der Waals surface area contributed by atoms with Crippen LogP contribution >= 0.6 is 0 Å². The van der Waals surface area contributed by atoms with E-state index in [-0.39, 0.29) is 16.7 Å². The standard InChI is InChI=1S/C18H34N2O/c1-17(2)15(18(17,3)4)16(21)20(13-9-12-19)14-10-7-5-6-8-11-14/h14-15H,5-13,19H2,1-4H3. The lowest BCUT2D eigenvalue weighted by atomic mass is 10.0. The molecule has 122 valence electrons. The molecule has 0 bridgehead atoms. The summed E-state index contributed by atoms with van der Waals surface area (Å²) >= 11 is 0. The van der Waals surface area contributed by atoms with Gasteiger partial charge in [-0.2, -0.15) is 0 Å². The Hall–Kier alpha value is -0.570. The third-order valence-corrected chi connectivity index (χ3v) is 6.42. The molecule has 2 fully saturated rings. The molecule has 2 rings (SSSR count). The van der Waals surface area contributed by atoms with Gasteiger partial charge in [0.2, 0.25) is 5.91 Å². The van der Waals surface area contributed by atoms with Crippen LogP contribution in [-0.4, -0.2) is 29.9 Å². The van der Waals surface area contributed by atoms with E-state index in [2.05, 4.69) is 32.6 Å². The van der Waals surface area contributed by atoms with Crippen LogP contribution in [0.3, 0.4) is 0 Å². The molecule has 0 unspecified atom stereocenters. The highest BCUT2D eigenvalue weighted by atomic mass is 16.2. The first-order valence-electron chi connectivity index (χ1n) is 8.84. The van der Waals surface area contributed by atoms with Gasteiger partial charge in [0, 0.05) is 18.5 Å². The van der Waals surface area contributed by atoms with Crippen LogP contribution in [0.15, 0.2) is 0 Å². The molecule has 1 amide bonds. The van der Waals surface area contributed by atoms with E-state index in [1.54, 1.807) is 0 Å². The number of carbonyl (C=O) groups excluding carboxylic acids is 1. The maximum Gasteiger partial charge on any atom is 0.227 e. The summed E-state index contributed by atoms with van der Waals surface area (Å²) in [5.41, 5.74) is 5.97. The highest BCUT2D eigenvalue weighted by Gasteiger charge is 2.69. The molecule has 3 nitrogen and oxygen atoms in total. The number of rotatable bonds is 5. The zero-order valence-electron chi connectivity index (χ0n) is 14.5. The van der Waals surface area contributed by atoms with E-state index in [4.69, 9.17) is 5.73 Å². The number of hydrogen-bond donors (Lipinski definition) is 1. The quantitative estimate of drug-likeness (QED) is 0.788. The van der Waals surface area contributed by atoms with Gasteiger partial charge in [-0.3, -0.25) is 4.79 Å². The molecule has 2 saturated carbocycles. The maximum atomic E-state index is 13.1. The molecule has 0 aromatic rings. The molecule has 3 heteroatoms. The summed E-state index contributed by atoms with van der Waals surface area (Å²) in [6.45, 7) is 10.5. The molecule has 2 N–H and O–H groups in total. The van der Waals surface area contributed by atoms with Crippen molar-refractivity contribution in [2.24, 2.45) is 22.5 Å². The van der Waals surface area contributed by atoms with Crippen molar-refractivity contribution in [3.05, 3.63) is 0 Å². The van der Waals surface area contributed by atoms with E-state index in [1.165, 1.54) is 38.5 Å². The topological polar surface area (TPSA) is 46.3 Å². The molecule has 2 aliphatic rings. The second kappa shape index (κ2) is 6.28. The largest absolute Gasteiger partial charge is 0.339 e. The smallest absolute Gasteiger partial charge is 0.227 e. The number of hydrogen-bond acceptors (Lipinski definition) is 2. The van der Waals surface area contributed by atoms with Gasteiger partial charge in [0.05, 0.1) is 0 Å². The summed E-state index contributed by atoms with van der Waals surface area (Å²) in [7, 11) is 0. The van der Waals surface area contributed by atoms with Crippen LogP contribution < -0.4 is 5.73 Å². The van der Waals surface area contributed by atoms with E-state index in [1.807, 2.05) is 0 Å². The second-order valence-corrected chi connectivity index (χ2v) is 8.20. The van der Waals surface area contributed by atoms with Gasteiger partial charge < -0.3 is 10.6 Å². The molecule has 0 heterocycles. The van der Waals surface area contributed by atoms with Crippen molar-refractivity contribution in [1.82, 2.24) is 4.90 Å². The van der Waals surface area contributed by atoms with Crippen LogP contribution in [0.2, 0.25) is 0 Å². The Bertz CT molecular complexity index is 353. The molecule has 0 aromatic heterocycles. The Morgan fingerprint density at radius 2 is 1.57 bits per heavy atom. The predicted molar refractivity (Wildman–Crippen MR) is 87.9 cm³/mol. The van der Waals surface area contributed by atoms with Crippen LogP contribution in [0.25, 0.3) is 0 Å². The monoisotopic (exact) mass is 294 g/mol. The minimum Gasteiger partial charge on any atom is -0.339 e. The molecule has 0 atom stereocenters. The molecule has 2 aliphatic carbocycles. The van der Waals surface area contributed by atoms with Gasteiger partial charge in [-0.15, -0.1) is 0 Å². The fourth-order valence-corrected chi connectivity index (χ4v) is 4.28. The Morgan fingerprint density at radius 3 is 2.00 bits per heavy atom. The summed E-state index contributed by atoms with van der Waals surface area (Å²) in [6.07, 6.45) is 8.50. The van der Waals surface area contributed by atoms with Crippen molar-refractivity contribution >= 4 is 5.91 Å². The van der Waals surface area contributed by atoms with E-state index < -0.39 is 0 Å². The molecule has 0 aliphatic heterocycles. The van der Waals surface area contributed by atoms with E-state index in [9.17, 15) is 4.79 Å². The first kappa shape index (κ1) is 16.8. The first-order valence-corrected chi connectivity index (χ1v) is 8.84. The van der Waals surface area contributed by atoms with Gasteiger partial charge in [-0.25, -0.2) is 0 Å². The minimum absolute atomic E-state index is 0.135. The van der Waals surface area contributed by atoms with Gasteiger partial charge in [-0.1, -0.05) is 53.4 Å². The van der Waals surface area contributed by atoms with Crippen molar-refractivity contribution in [3.63, 3.8) is 0 Å². The number of carbonyl (C=O) groups is 1. The van der Waals surface area contributed by atoms with Gasteiger partial charge in [0.25, 0.3) is 0 Å². The Balaban J connectivity index is 2.10. The van der Waals surface area contributed by atoms with Crippen LogP contribution in [0.5, 0.6) is 0 Å². The maximum absolute atomic E-state index is 13.1. The first-order chi connectivity index (χ1) is 9.84. The third-order valence-electron chi connectivity index (χ3n) is 6.42. The fraction of sp³-hybridized carbons (Fsp3) is 0.944. The zero-order valence-corrected chi connectivity index (χ0v) is 14.5. The van der Waals surface area contributed by atoms with Crippen LogP contribution in [0.4, 0.5) is 0 Å². The average Bonchev–Trinajstić information content (AvgIpc) is 2.96. The van der Waals surface area contributed by atoms with Crippen LogP contribution in [-0.2, 0) is 4.79 Å². The van der Waals surface area contributed by atoms with Crippen molar-refractivity contribution in [1.29, 1.82) is 0 Å². The Labute approximate surface area is 130 Å². The number of nitrogens with two attached hydrogens (primary N) is 1. The zero-order chi connectivity index (χ0) is 15.7. The van der Waals surface area contributed by atoms with Gasteiger partial charge in [-0.05, 0) is 36.6 Å². The summed E-state index contributed by atoms with van der Waals surface area (Å²) in [6, 6.07) is 0.457. The van der Waals surface area contributed by atoms with Crippen molar-refractivity contribution in [2.45, 2.75) is 78.7 Å². The minimum atomic E-state index is 0.135. The summed E-state index contributed by atoms with van der Waals surface area (Å²) < 4.78 is 0. The molecule has 0 aromatic carbocycles. The summed E-state index contributed by atoms with van der Waals surface area (Å²) in [5.74, 6) is 0.580. The van der Waals surface area contributed by atoms with Gasteiger partial charge in [0.1, 0.15) is 0 Å². The highest BCUT2D eigenvalue weighted by Crippen LogP contribution is 2.68. The van der Waals surface area contributed by atoms with Crippen molar-refractivity contribution in [2.75, 3.05) is 13.1 Å². The molecular formula is C18H34N2O. The average molecular weight is 294 g/mol. The molecule has 0 saturated heterocycles. The normalized spacial score (nSPS) is 25.4. The summed E-state index contributed by atoms with van der Waals surface area (Å²) in [4.78, 5) is 15.3.